The molecule has 1 aromatic heterocycles. The number of aromatic carboxylic acids is 1. The smallest absolute Gasteiger partial charge is 0.345 e. The van der Waals surface area contributed by atoms with Crippen molar-refractivity contribution < 1.29 is 15.0 Å². The molecular weight excluding hydrogens is 370 g/mol. The van der Waals surface area contributed by atoms with Crippen LogP contribution in [0.4, 0.5) is 5.69 Å². The fourth-order valence-electron chi connectivity index (χ4n) is 4.04. The van der Waals surface area contributed by atoms with Gasteiger partial charge in [0, 0.05) is 30.4 Å². The van der Waals surface area contributed by atoms with Crippen molar-refractivity contribution in [3.05, 3.63) is 45.7 Å². The number of aromatic hydroxyl groups is 1. The van der Waals surface area contributed by atoms with Crippen LogP contribution in [0.1, 0.15) is 22.8 Å². The van der Waals surface area contributed by atoms with Gasteiger partial charge in [0.25, 0.3) is 5.56 Å². The number of aromatic amines is 1. The van der Waals surface area contributed by atoms with Gasteiger partial charge in [-0.3, -0.25) is 4.79 Å². The van der Waals surface area contributed by atoms with E-state index in [0.29, 0.717) is 35.6 Å². The van der Waals surface area contributed by atoms with E-state index in [-0.39, 0.29) is 12.4 Å². The normalized spacial score (nSPS) is 22.9. The zero-order valence-corrected chi connectivity index (χ0v) is 15.6. The van der Waals surface area contributed by atoms with Gasteiger partial charge in [-0.05, 0) is 36.0 Å². The van der Waals surface area contributed by atoms with Gasteiger partial charge in [-0.15, -0.1) is 12.4 Å². The van der Waals surface area contributed by atoms with Crippen LogP contribution in [0, 0.1) is 11.8 Å². The number of hydrogen-bond donors (Lipinski definition) is 4. The van der Waals surface area contributed by atoms with Gasteiger partial charge in [0.1, 0.15) is 5.75 Å². The Kier molecular flexibility index (Phi) is 4.92. The summed E-state index contributed by atoms with van der Waals surface area (Å²) in [6.07, 6.45) is 0.396. The Labute approximate surface area is 162 Å². The van der Waals surface area contributed by atoms with Gasteiger partial charge in [0.15, 0.2) is 5.56 Å². The molecule has 144 valence electrons. The molecule has 1 saturated heterocycles. The summed E-state index contributed by atoms with van der Waals surface area (Å²) < 4.78 is 0. The first-order chi connectivity index (χ1) is 12.4. The van der Waals surface area contributed by atoms with Crippen molar-refractivity contribution in [3.8, 4) is 17.0 Å². The lowest BCUT2D eigenvalue weighted by Crippen LogP contribution is -2.27. The van der Waals surface area contributed by atoms with Crippen LogP contribution in [-0.4, -0.2) is 40.3 Å². The number of nitrogens with two attached hydrogens (primary N) is 1. The van der Waals surface area contributed by atoms with Crippen LogP contribution in [0.5, 0.6) is 5.75 Å². The highest BCUT2D eigenvalue weighted by molar-refractivity contribution is 5.92. The molecule has 8 heteroatoms. The lowest BCUT2D eigenvalue weighted by Gasteiger charge is -2.21. The van der Waals surface area contributed by atoms with Crippen molar-refractivity contribution in [1.82, 2.24) is 4.98 Å². The SMILES string of the molecule is CCc1c(-c2ccc(N3C[C@@H]4C(N)[C@@H]4C3)cc2)[nH]c(=O)c(C(=O)O)c1O.Cl. The van der Waals surface area contributed by atoms with Crippen LogP contribution >= 0.6 is 12.4 Å². The highest BCUT2D eigenvalue weighted by Gasteiger charge is 2.53. The second-order valence-corrected chi connectivity index (χ2v) is 7.05. The minimum atomic E-state index is -1.44. The number of nitrogens with zero attached hydrogens (tertiary/aromatic N) is 1. The lowest BCUT2D eigenvalue weighted by molar-refractivity contribution is 0.0691. The summed E-state index contributed by atoms with van der Waals surface area (Å²) in [6.45, 7) is 3.74. The van der Waals surface area contributed by atoms with Gasteiger partial charge in [0.05, 0.1) is 5.69 Å². The highest BCUT2D eigenvalue weighted by Crippen LogP contribution is 2.45. The number of hydrogen-bond acceptors (Lipinski definition) is 5. The van der Waals surface area contributed by atoms with Crippen molar-refractivity contribution >= 4 is 24.1 Å². The molecule has 0 bridgehead atoms. The summed E-state index contributed by atoms with van der Waals surface area (Å²) in [5, 5.41) is 19.4. The third kappa shape index (κ3) is 3.07. The van der Waals surface area contributed by atoms with Crippen LogP contribution in [0.2, 0.25) is 0 Å². The van der Waals surface area contributed by atoms with E-state index < -0.39 is 22.8 Å². The molecule has 2 aromatic rings. The van der Waals surface area contributed by atoms with Crippen LogP contribution < -0.4 is 16.2 Å². The molecule has 4 rings (SSSR count). The standard InChI is InChI=1S/C19H21N3O4.ClH/c1-2-11-16(21-18(24)14(17(11)23)19(25)26)9-3-5-10(6-4-9)22-7-12-13(8-22)15(12)20;/h3-6,12-13,15H,2,7-8,20H2,1H3,(H,25,26)(H2,21,23,24);1H/t12-,13+,15?;. The van der Waals surface area contributed by atoms with Gasteiger partial charge in [-0.25, -0.2) is 4.79 Å². The van der Waals surface area contributed by atoms with E-state index in [1.807, 2.05) is 24.3 Å². The maximum absolute atomic E-state index is 12.1. The van der Waals surface area contributed by atoms with Crippen molar-refractivity contribution in [3.63, 3.8) is 0 Å². The van der Waals surface area contributed by atoms with Crippen LogP contribution in [0.25, 0.3) is 11.3 Å². The number of fused-ring (bicyclic) bond motifs is 1. The second-order valence-electron chi connectivity index (χ2n) is 7.05. The summed E-state index contributed by atoms with van der Waals surface area (Å²) in [5.41, 5.74) is 7.26. The minimum absolute atomic E-state index is 0. The molecule has 2 aliphatic rings. The number of benzene rings is 1. The van der Waals surface area contributed by atoms with Crippen molar-refractivity contribution in [1.29, 1.82) is 0 Å². The fraction of sp³-hybridized carbons (Fsp3) is 0.368. The highest BCUT2D eigenvalue weighted by atomic mass is 35.5. The van der Waals surface area contributed by atoms with Gasteiger partial charge < -0.3 is 25.8 Å². The molecule has 7 nitrogen and oxygen atoms in total. The molecular formula is C19H22ClN3O4. The molecule has 0 spiro atoms. The number of rotatable bonds is 4. The maximum Gasteiger partial charge on any atom is 0.345 e. The van der Waals surface area contributed by atoms with Crippen molar-refractivity contribution in [2.24, 2.45) is 17.6 Å². The molecule has 1 aliphatic carbocycles. The van der Waals surface area contributed by atoms with Gasteiger partial charge in [-0.1, -0.05) is 19.1 Å². The topological polar surface area (TPSA) is 120 Å². The quantitative estimate of drug-likeness (QED) is 0.631. The summed E-state index contributed by atoms with van der Waals surface area (Å²) in [5.74, 6) is -0.709. The zero-order chi connectivity index (χ0) is 18.6. The number of H-pyrrole nitrogens is 1. The third-order valence-electron chi connectivity index (χ3n) is 5.64. The van der Waals surface area contributed by atoms with E-state index in [2.05, 4.69) is 9.88 Å². The average molecular weight is 392 g/mol. The van der Waals surface area contributed by atoms with E-state index in [9.17, 15) is 14.7 Å². The summed E-state index contributed by atoms with van der Waals surface area (Å²) in [7, 11) is 0. The fourth-order valence-corrected chi connectivity index (χ4v) is 4.04. The number of halogens is 1. The Bertz CT molecular complexity index is 929. The molecule has 1 unspecified atom stereocenters. The number of piperidine rings is 1. The second kappa shape index (κ2) is 6.90. The third-order valence-corrected chi connectivity index (χ3v) is 5.64. The molecule has 0 radical (unpaired) electrons. The molecule has 1 aliphatic heterocycles. The Balaban J connectivity index is 0.00000210. The predicted molar refractivity (Wildman–Crippen MR) is 105 cm³/mol. The Morgan fingerprint density at radius 3 is 2.37 bits per heavy atom. The zero-order valence-electron chi connectivity index (χ0n) is 14.8. The molecule has 2 fully saturated rings. The number of aromatic nitrogens is 1. The average Bonchev–Trinajstić information content (AvgIpc) is 3.03. The molecule has 1 saturated carbocycles. The van der Waals surface area contributed by atoms with E-state index in [1.54, 1.807) is 6.92 Å². The van der Waals surface area contributed by atoms with Gasteiger partial charge in [0.2, 0.25) is 0 Å². The van der Waals surface area contributed by atoms with Gasteiger partial charge >= 0.3 is 5.97 Å². The Morgan fingerprint density at radius 2 is 1.85 bits per heavy atom. The number of carbonyl (C=O) groups is 1. The van der Waals surface area contributed by atoms with E-state index in [4.69, 9.17) is 10.8 Å². The number of anilines is 1. The molecule has 0 amide bonds. The monoisotopic (exact) mass is 391 g/mol. The first-order valence-corrected chi connectivity index (χ1v) is 8.74. The number of carboxylic acids is 1. The molecule has 3 atom stereocenters. The molecule has 5 N–H and O–H groups in total. The van der Waals surface area contributed by atoms with E-state index in [0.717, 1.165) is 24.3 Å². The Morgan fingerprint density at radius 1 is 1.26 bits per heavy atom. The lowest BCUT2D eigenvalue weighted by atomic mass is 10.0. The van der Waals surface area contributed by atoms with Crippen LogP contribution in [0.15, 0.2) is 29.1 Å². The van der Waals surface area contributed by atoms with E-state index >= 15 is 0 Å². The summed E-state index contributed by atoms with van der Waals surface area (Å²) in [6, 6.07) is 8.06. The summed E-state index contributed by atoms with van der Waals surface area (Å²) >= 11 is 0. The van der Waals surface area contributed by atoms with Crippen molar-refractivity contribution in [2.45, 2.75) is 19.4 Å². The molecule has 1 aromatic carbocycles. The molecule has 27 heavy (non-hydrogen) atoms. The number of nitrogens with one attached hydrogen (secondary N) is 1. The van der Waals surface area contributed by atoms with Crippen LogP contribution in [-0.2, 0) is 6.42 Å². The minimum Gasteiger partial charge on any atom is -0.506 e. The number of pyridine rings is 1. The largest absolute Gasteiger partial charge is 0.506 e. The predicted octanol–water partition coefficient (Wildman–Crippen LogP) is 1.82. The maximum atomic E-state index is 12.1. The molecule has 2 heterocycles. The van der Waals surface area contributed by atoms with Gasteiger partial charge in [-0.2, -0.15) is 0 Å². The Hall–Kier alpha value is -2.51. The van der Waals surface area contributed by atoms with E-state index in [1.165, 1.54) is 0 Å². The first-order valence-electron chi connectivity index (χ1n) is 8.74. The number of carboxylic acid groups (broad SMARTS) is 1. The van der Waals surface area contributed by atoms with Crippen molar-refractivity contribution in [2.75, 3.05) is 18.0 Å². The first kappa shape index (κ1) is 19.3. The van der Waals surface area contributed by atoms with Crippen LogP contribution in [0.3, 0.4) is 0 Å². The summed E-state index contributed by atoms with van der Waals surface area (Å²) in [4.78, 5) is 28.2.